The number of ether oxygens (including phenoxy) is 1. The predicted octanol–water partition coefficient (Wildman–Crippen LogP) is 4.22. The Hall–Kier alpha value is -2.24. The van der Waals surface area contributed by atoms with E-state index >= 15 is 0 Å². The first-order valence-electron chi connectivity index (χ1n) is 9.15. The molecule has 1 heterocycles. The van der Waals surface area contributed by atoms with E-state index in [-0.39, 0.29) is 18.2 Å². The van der Waals surface area contributed by atoms with Crippen LogP contribution in [0.25, 0.3) is 0 Å². The lowest BCUT2D eigenvalue weighted by Gasteiger charge is -2.38. The Kier molecular flexibility index (Phi) is 4.52. The summed E-state index contributed by atoms with van der Waals surface area (Å²) in [6.45, 7) is 3.99. The lowest BCUT2D eigenvalue weighted by atomic mass is 9.90. The molecule has 1 aliphatic carbocycles. The van der Waals surface area contributed by atoms with Gasteiger partial charge in [-0.2, -0.15) is 0 Å². The number of carbonyl (C=O) groups excluding carboxylic acids is 1. The van der Waals surface area contributed by atoms with Crippen LogP contribution in [0.3, 0.4) is 0 Å². The highest BCUT2D eigenvalue weighted by Crippen LogP contribution is 2.40. The maximum atomic E-state index is 12.7. The summed E-state index contributed by atoms with van der Waals surface area (Å²) in [5.41, 5.74) is 3.37. The van der Waals surface area contributed by atoms with Crippen molar-refractivity contribution >= 4 is 23.3 Å². The SMILES string of the molecule is CC1(C)C[C@@H](NC(=O)Nc2cccc3c2C[C@@H](O)C3)c2ccc(Cl)cc2O1. The molecule has 2 amide bonds. The topological polar surface area (TPSA) is 70.6 Å². The molecule has 4 rings (SSSR count). The minimum absolute atomic E-state index is 0.177. The first kappa shape index (κ1) is 18.1. The van der Waals surface area contributed by atoms with E-state index in [4.69, 9.17) is 16.3 Å². The Morgan fingerprint density at radius 1 is 1.26 bits per heavy atom. The van der Waals surface area contributed by atoms with E-state index in [1.165, 1.54) is 0 Å². The number of halogens is 1. The van der Waals surface area contributed by atoms with E-state index in [1.807, 2.05) is 38.1 Å². The van der Waals surface area contributed by atoms with E-state index in [0.717, 1.165) is 22.4 Å². The highest BCUT2D eigenvalue weighted by Gasteiger charge is 2.35. The van der Waals surface area contributed by atoms with Gasteiger partial charge < -0.3 is 20.5 Å². The Labute approximate surface area is 163 Å². The van der Waals surface area contributed by atoms with Gasteiger partial charge in [-0.25, -0.2) is 4.79 Å². The zero-order chi connectivity index (χ0) is 19.2. The molecule has 0 aromatic heterocycles. The molecular weight excluding hydrogens is 364 g/mol. The van der Waals surface area contributed by atoms with Gasteiger partial charge in [0.05, 0.1) is 12.1 Å². The molecule has 0 unspecified atom stereocenters. The lowest BCUT2D eigenvalue weighted by molar-refractivity contribution is 0.0683. The third-order valence-electron chi connectivity index (χ3n) is 5.15. The molecule has 2 aliphatic rings. The summed E-state index contributed by atoms with van der Waals surface area (Å²) in [4.78, 5) is 12.7. The molecule has 2 aromatic carbocycles. The normalized spacial score (nSPS) is 22.4. The highest BCUT2D eigenvalue weighted by molar-refractivity contribution is 6.30. The van der Waals surface area contributed by atoms with E-state index < -0.39 is 5.60 Å². The van der Waals surface area contributed by atoms with Gasteiger partial charge in [0.1, 0.15) is 11.4 Å². The molecule has 0 spiro atoms. The Morgan fingerprint density at radius 3 is 2.89 bits per heavy atom. The zero-order valence-corrected chi connectivity index (χ0v) is 16.1. The second-order valence-electron chi connectivity index (χ2n) is 7.90. The molecule has 2 atom stereocenters. The number of nitrogens with one attached hydrogen (secondary N) is 2. The largest absolute Gasteiger partial charge is 0.487 e. The van der Waals surface area contributed by atoms with Gasteiger partial charge in [0.15, 0.2) is 0 Å². The van der Waals surface area contributed by atoms with Crippen molar-refractivity contribution in [3.8, 4) is 5.75 Å². The number of urea groups is 1. The van der Waals surface area contributed by atoms with Crippen LogP contribution < -0.4 is 15.4 Å². The molecule has 5 nitrogen and oxygen atoms in total. The molecule has 1 aliphatic heterocycles. The van der Waals surface area contributed by atoms with E-state index in [0.29, 0.717) is 30.0 Å². The standard InChI is InChI=1S/C21H23ClN2O3/c1-21(2)11-18(15-7-6-13(22)9-19(15)27-21)24-20(26)23-17-5-3-4-12-8-14(25)10-16(12)17/h3-7,9,14,18,25H,8,10-11H2,1-2H3,(H2,23,24,26)/t14-,18+/m0/s1. The molecule has 3 N–H and O–H groups in total. The van der Waals surface area contributed by atoms with Crippen molar-refractivity contribution in [3.05, 3.63) is 58.1 Å². The Bertz CT molecular complexity index is 897. The quantitative estimate of drug-likeness (QED) is 0.723. The van der Waals surface area contributed by atoms with Crippen molar-refractivity contribution in [1.82, 2.24) is 5.32 Å². The molecule has 142 valence electrons. The fourth-order valence-corrected chi connectivity index (χ4v) is 4.18. The third kappa shape index (κ3) is 3.75. The average Bonchev–Trinajstić information content (AvgIpc) is 2.94. The molecule has 6 heteroatoms. The molecule has 27 heavy (non-hydrogen) atoms. The van der Waals surface area contributed by atoms with Crippen LogP contribution in [0.1, 0.15) is 43.0 Å². The van der Waals surface area contributed by atoms with Crippen LogP contribution >= 0.6 is 11.6 Å². The molecule has 0 saturated heterocycles. The van der Waals surface area contributed by atoms with Crippen LogP contribution in [0, 0.1) is 0 Å². The van der Waals surface area contributed by atoms with Gasteiger partial charge in [-0.05, 0) is 49.6 Å². The van der Waals surface area contributed by atoms with Gasteiger partial charge >= 0.3 is 6.03 Å². The number of anilines is 1. The summed E-state index contributed by atoms with van der Waals surface area (Å²) in [7, 11) is 0. The van der Waals surface area contributed by atoms with Crippen LogP contribution in [0.4, 0.5) is 10.5 Å². The Morgan fingerprint density at radius 2 is 2.07 bits per heavy atom. The number of hydrogen-bond donors (Lipinski definition) is 3. The summed E-state index contributed by atoms with van der Waals surface area (Å²) in [6.07, 6.45) is 1.48. The second-order valence-corrected chi connectivity index (χ2v) is 8.34. The van der Waals surface area contributed by atoms with E-state index in [2.05, 4.69) is 10.6 Å². The molecule has 0 bridgehead atoms. The van der Waals surface area contributed by atoms with Gasteiger partial charge in [-0.15, -0.1) is 0 Å². The van der Waals surface area contributed by atoms with Crippen molar-refractivity contribution in [2.45, 2.75) is 50.9 Å². The number of aliphatic hydroxyl groups excluding tert-OH is 1. The number of aliphatic hydroxyl groups is 1. The fourth-order valence-electron chi connectivity index (χ4n) is 4.02. The third-order valence-corrected chi connectivity index (χ3v) is 5.39. The van der Waals surface area contributed by atoms with E-state index in [1.54, 1.807) is 12.1 Å². The first-order valence-corrected chi connectivity index (χ1v) is 9.53. The van der Waals surface area contributed by atoms with Crippen molar-refractivity contribution < 1.29 is 14.6 Å². The first-order chi connectivity index (χ1) is 12.8. The number of hydrogen-bond acceptors (Lipinski definition) is 3. The monoisotopic (exact) mass is 386 g/mol. The molecule has 2 aromatic rings. The molecule has 0 radical (unpaired) electrons. The number of carbonyl (C=O) groups is 1. The highest BCUT2D eigenvalue weighted by atomic mass is 35.5. The summed E-state index contributed by atoms with van der Waals surface area (Å²) in [6, 6.07) is 10.8. The summed E-state index contributed by atoms with van der Waals surface area (Å²) in [5.74, 6) is 0.702. The Balaban J connectivity index is 1.53. The number of benzene rings is 2. The van der Waals surface area contributed by atoms with Gasteiger partial charge in [0.25, 0.3) is 0 Å². The average molecular weight is 387 g/mol. The molecular formula is C21H23ClN2O3. The van der Waals surface area contributed by atoms with Crippen LogP contribution in [-0.4, -0.2) is 22.8 Å². The second kappa shape index (κ2) is 6.73. The predicted molar refractivity (Wildman–Crippen MR) is 106 cm³/mol. The van der Waals surface area contributed by atoms with Crippen LogP contribution in [0.5, 0.6) is 5.75 Å². The smallest absolute Gasteiger partial charge is 0.319 e. The zero-order valence-electron chi connectivity index (χ0n) is 15.4. The van der Waals surface area contributed by atoms with Gasteiger partial charge in [-0.3, -0.25) is 0 Å². The number of fused-ring (bicyclic) bond motifs is 2. The van der Waals surface area contributed by atoms with Crippen molar-refractivity contribution in [3.63, 3.8) is 0 Å². The molecule has 0 fully saturated rings. The van der Waals surface area contributed by atoms with Crippen molar-refractivity contribution in [2.24, 2.45) is 0 Å². The fraction of sp³-hybridized carbons (Fsp3) is 0.381. The van der Waals surface area contributed by atoms with Gasteiger partial charge in [-0.1, -0.05) is 29.8 Å². The summed E-state index contributed by atoms with van der Waals surface area (Å²) < 4.78 is 6.02. The van der Waals surface area contributed by atoms with Crippen LogP contribution in [0.2, 0.25) is 5.02 Å². The van der Waals surface area contributed by atoms with Crippen molar-refractivity contribution in [1.29, 1.82) is 0 Å². The maximum Gasteiger partial charge on any atom is 0.319 e. The van der Waals surface area contributed by atoms with Gasteiger partial charge in [0.2, 0.25) is 0 Å². The summed E-state index contributed by atoms with van der Waals surface area (Å²) in [5, 5.41) is 16.5. The van der Waals surface area contributed by atoms with Gasteiger partial charge in [0, 0.05) is 29.1 Å². The van der Waals surface area contributed by atoms with Crippen LogP contribution in [-0.2, 0) is 12.8 Å². The van der Waals surface area contributed by atoms with Crippen molar-refractivity contribution in [2.75, 3.05) is 5.32 Å². The minimum Gasteiger partial charge on any atom is -0.487 e. The van der Waals surface area contributed by atoms with E-state index in [9.17, 15) is 9.90 Å². The number of amides is 2. The number of rotatable bonds is 2. The minimum atomic E-state index is -0.409. The molecule has 0 saturated carbocycles. The lowest BCUT2D eigenvalue weighted by Crippen LogP contribution is -2.42. The van der Waals surface area contributed by atoms with Crippen LogP contribution in [0.15, 0.2) is 36.4 Å². The maximum absolute atomic E-state index is 12.7. The summed E-state index contributed by atoms with van der Waals surface area (Å²) >= 11 is 6.10.